The zero-order valence-corrected chi connectivity index (χ0v) is 14.3. The molecule has 2 aromatic rings. The van der Waals surface area contributed by atoms with Crippen molar-refractivity contribution in [1.82, 2.24) is 10.3 Å². The lowest BCUT2D eigenvalue weighted by molar-refractivity contribution is -0.125. The standard InChI is InChI=1S/C19H21FN4O/c1-19(2,15-10-14(13-21)11-16(20)12-15)18(25)24-9-5-8-23-17-6-3-4-7-22-17/h3-4,6-7,10-12H,5,8-9H2,1-2H3,(H,22,23)(H,24,25). The highest BCUT2D eigenvalue weighted by Crippen LogP contribution is 2.25. The number of rotatable bonds is 7. The molecule has 0 aliphatic rings. The number of pyridine rings is 1. The quantitative estimate of drug-likeness (QED) is 0.760. The average molecular weight is 340 g/mol. The normalized spacial score (nSPS) is 10.8. The Kier molecular flexibility index (Phi) is 6.07. The zero-order valence-electron chi connectivity index (χ0n) is 14.3. The summed E-state index contributed by atoms with van der Waals surface area (Å²) in [6.45, 7) is 4.59. The number of nitriles is 1. The number of nitrogens with zero attached hydrogens (tertiary/aromatic N) is 2. The summed E-state index contributed by atoms with van der Waals surface area (Å²) in [4.78, 5) is 16.6. The fraction of sp³-hybridized carbons (Fsp3) is 0.316. The molecule has 0 spiro atoms. The molecule has 0 aliphatic heterocycles. The number of amides is 1. The predicted molar refractivity (Wildman–Crippen MR) is 94.5 cm³/mol. The summed E-state index contributed by atoms with van der Waals surface area (Å²) in [6, 6.07) is 11.5. The van der Waals surface area contributed by atoms with E-state index in [0.29, 0.717) is 18.7 Å². The second-order valence-corrected chi connectivity index (χ2v) is 6.22. The van der Waals surface area contributed by atoms with Crippen LogP contribution in [0.5, 0.6) is 0 Å². The highest BCUT2D eigenvalue weighted by atomic mass is 19.1. The predicted octanol–water partition coefficient (Wildman–Crippen LogP) is 2.99. The van der Waals surface area contributed by atoms with Crippen molar-refractivity contribution in [2.45, 2.75) is 25.7 Å². The molecule has 25 heavy (non-hydrogen) atoms. The number of hydrogen-bond acceptors (Lipinski definition) is 4. The van der Waals surface area contributed by atoms with E-state index in [0.717, 1.165) is 18.3 Å². The van der Waals surface area contributed by atoms with Gasteiger partial charge in [0.2, 0.25) is 5.91 Å². The summed E-state index contributed by atoms with van der Waals surface area (Å²) in [5.74, 6) is 0.0623. The molecular weight excluding hydrogens is 319 g/mol. The molecule has 2 rings (SSSR count). The first kappa shape index (κ1) is 18.4. The molecule has 0 radical (unpaired) electrons. The fourth-order valence-electron chi connectivity index (χ4n) is 2.34. The van der Waals surface area contributed by atoms with Gasteiger partial charge in [-0.3, -0.25) is 4.79 Å². The monoisotopic (exact) mass is 340 g/mol. The SMILES string of the molecule is CC(C)(C(=O)NCCCNc1ccccn1)c1cc(F)cc(C#N)c1. The Labute approximate surface area is 146 Å². The van der Waals surface area contributed by atoms with Gasteiger partial charge in [0.1, 0.15) is 11.6 Å². The molecule has 1 aromatic carbocycles. The molecule has 2 N–H and O–H groups in total. The first-order chi connectivity index (χ1) is 11.9. The highest BCUT2D eigenvalue weighted by Gasteiger charge is 2.30. The maximum absolute atomic E-state index is 13.6. The molecule has 1 amide bonds. The van der Waals surface area contributed by atoms with E-state index in [1.165, 1.54) is 6.07 Å². The summed E-state index contributed by atoms with van der Waals surface area (Å²) in [5, 5.41) is 15.0. The van der Waals surface area contributed by atoms with Crippen LogP contribution in [0.4, 0.5) is 10.2 Å². The van der Waals surface area contributed by atoms with Gasteiger partial charge in [0, 0.05) is 19.3 Å². The van der Waals surface area contributed by atoms with Gasteiger partial charge in [-0.15, -0.1) is 0 Å². The van der Waals surface area contributed by atoms with Gasteiger partial charge in [-0.05, 0) is 56.2 Å². The number of anilines is 1. The number of benzene rings is 1. The lowest BCUT2D eigenvalue weighted by Crippen LogP contribution is -2.41. The van der Waals surface area contributed by atoms with Crippen molar-refractivity contribution < 1.29 is 9.18 Å². The Morgan fingerprint density at radius 3 is 2.76 bits per heavy atom. The maximum atomic E-state index is 13.6. The summed E-state index contributed by atoms with van der Waals surface area (Å²) in [6.07, 6.45) is 2.44. The van der Waals surface area contributed by atoms with E-state index in [9.17, 15) is 9.18 Å². The molecule has 0 saturated heterocycles. The topological polar surface area (TPSA) is 77.8 Å². The van der Waals surface area contributed by atoms with Gasteiger partial charge in [0.05, 0.1) is 17.0 Å². The number of nitrogens with one attached hydrogen (secondary N) is 2. The molecule has 0 saturated carbocycles. The van der Waals surface area contributed by atoms with Gasteiger partial charge in [-0.25, -0.2) is 9.37 Å². The lowest BCUT2D eigenvalue weighted by atomic mass is 9.83. The van der Waals surface area contributed by atoms with Crippen molar-refractivity contribution >= 4 is 11.7 Å². The van der Waals surface area contributed by atoms with E-state index >= 15 is 0 Å². The Morgan fingerprint density at radius 1 is 1.28 bits per heavy atom. The fourth-order valence-corrected chi connectivity index (χ4v) is 2.34. The van der Waals surface area contributed by atoms with Crippen LogP contribution in [0.1, 0.15) is 31.4 Å². The van der Waals surface area contributed by atoms with Crippen molar-refractivity contribution in [1.29, 1.82) is 5.26 Å². The molecule has 1 aromatic heterocycles. The highest BCUT2D eigenvalue weighted by molar-refractivity contribution is 5.87. The number of aromatic nitrogens is 1. The van der Waals surface area contributed by atoms with Crippen molar-refractivity contribution in [2.75, 3.05) is 18.4 Å². The molecule has 0 bridgehead atoms. The maximum Gasteiger partial charge on any atom is 0.230 e. The van der Waals surface area contributed by atoms with Crippen molar-refractivity contribution in [3.05, 3.63) is 59.5 Å². The zero-order chi connectivity index (χ0) is 18.3. The van der Waals surface area contributed by atoms with Crippen LogP contribution in [0, 0.1) is 17.1 Å². The van der Waals surface area contributed by atoms with Gasteiger partial charge in [-0.1, -0.05) is 6.07 Å². The molecule has 0 atom stereocenters. The van der Waals surface area contributed by atoms with Crippen LogP contribution in [-0.4, -0.2) is 24.0 Å². The van der Waals surface area contributed by atoms with Crippen LogP contribution in [0.2, 0.25) is 0 Å². The third-order valence-electron chi connectivity index (χ3n) is 3.93. The van der Waals surface area contributed by atoms with Gasteiger partial charge >= 0.3 is 0 Å². The Balaban J connectivity index is 1.87. The number of hydrogen-bond donors (Lipinski definition) is 2. The second kappa shape index (κ2) is 8.25. The Bertz CT molecular complexity index is 769. The largest absolute Gasteiger partial charge is 0.370 e. The van der Waals surface area contributed by atoms with E-state index < -0.39 is 11.2 Å². The summed E-state index contributed by atoms with van der Waals surface area (Å²) < 4.78 is 13.6. The first-order valence-electron chi connectivity index (χ1n) is 8.08. The van der Waals surface area contributed by atoms with Crippen LogP contribution in [0.15, 0.2) is 42.6 Å². The van der Waals surface area contributed by atoms with Crippen molar-refractivity contribution in [3.8, 4) is 6.07 Å². The Hall–Kier alpha value is -2.94. The number of halogens is 1. The first-order valence-corrected chi connectivity index (χ1v) is 8.08. The van der Waals surface area contributed by atoms with Crippen LogP contribution in [-0.2, 0) is 10.2 Å². The summed E-state index contributed by atoms with van der Waals surface area (Å²) >= 11 is 0. The minimum atomic E-state index is -0.928. The van der Waals surface area contributed by atoms with Crippen LogP contribution >= 0.6 is 0 Å². The van der Waals surface area contributed by atoms with E-state index in [2.05, 4.69) is 15.6 Å². The van der Waals surface area contributed by atoms with Crippen molar-refractivity contribution in [2.24, 2.45) is 0 Å². The van der Waals surface area contributed by atoms with E-state index in [1.807, 2.05) is 24.3 Å². The van der Waals surface area contributed by atoms with Crippen LogP contribution in [0.25, 0.3) is 0 Å². The van der Waals surface area contributed by atoms with Gasteiger partial charge < -0.3 is 10.6 Å². The van der Waals surface area contributed by atoms with Gasteiger partial charge in [-0.2, -0.15) is 5.26 Å². The van der Waals surface area contributed by atoms with Gasteiger partial charge in [0.15, 0.2) is 0 Å². The van der Waals surface area contributed by atoms with Crippen molar-refractivity contribution in [3.63, 3.8) is 0 Å². The number of carbonyl (C=O) groups excluding carboxylic acids is 1. The number of carbonyl (C=O) groups is 1. The molecular formula is C19H21FN4O. The molecule has 6 heteroatoms. The minimum Gasteiger partial charge on any atom is -0.370 e. The van der Waals surface area contributed by atoms with Crippen LogP contribution < -0.4 is 10.6 Å². The third kappa shape index (κ3) is 5.01. The average Bonchev–Trinajstić information content (AvgIpc) is 2.61. The molecule has 0 unspecified atom stereocenters. The second-order valence-electron chi connectivity index (χ2n) is 6.22. The Morgan fingerprint density at radius 2 is 2.08 bits per heavy atom. The molecule has 130 valence electrons. The molecule has 0 aliphatic carbocycles. The van der Waals surface area contributed by atoms with Gasteiger partial charge in [0.25, 0.3) is 0 Å². The van der Waals surface area contributed by atoms with Crippen LogP contribution in [0.3, 0.4) is 0 Å². The summed E-state index contributed by atoms with van der Waals surface area (Å²) in [5.41, 5.74) is -0.245. The van der Waals surface area contributed by atoms with E-state index in [4.69, 9.17) is 5.26 Å². The molecule has 5 nitrogen and oxygen atoms in total. The molecule has 1 heterocycles. The minimum absolute atomic E-state index is 0.204. The third-order valence-corrected chi connectivity index (χ3v) is 3.93. The lowest BCUT2D eigenvalue weighted by Gasteiger charge is -2.24. The smallest absolute Gasteiger partial charge is 0.230 e. The van der Waals surface area contributed by atoms with E-state index in [-0.39, 0.29) is 11.5 Å². The molecule has 0 fully saturated rings. The summed E-state index contributed by atoms with van der Waals surface area (Å²) in [7, 11) is 0. The van der Waals surface area contributed by atoms with E-state index in [1.54, 1.807) is 26.1 Å².